The molecule has 16 heteroatoms. The molecule has 3 rings (SSSR count). The van der Waals surface area contributed by atoms with Crippen LogP contribution in [0.15, 0.2) is 30.3 Å². The van der Waals surface area contributed by atoms with Gasteiger partial charge in [-0.3, -0.25) is 58.0 Å². The van der Waals surface area contributed by atoms with E-state index in [0.717, 1.165) is 12.1 Å². The van der Waals surface area contributed by atoms with Gasteiger partial charge in [0.05, 0.1) is 36.9 Å². The number of nitrogens with two attached hydrogens (primary N) is 3. The first-order chi connectivity index (χ1) is 13.2. The van der Waals surface area contributed by atoms with Crippen molar-refractivity contribution in [2.75, 3.05) is 5.43 Å². The van der Waals surface area contributed by atoms with Gasteiger partial charge in [-0.2, -0.15) is 0 Å². The molecular formula is C12H12N8O8. The molecular weight excluding hydrogens is 384 g/mol. The molecule has 0 saturated heterocycles. The van der Waals surface area contributed by atoms with E-state index < -0.39 is 25.4 Å². The van der Waals surface area contributed by atoms with Gasteiger partial charge in [0, 0.05) is 6.07 Å². The van der Waals surface area contributed by atoms with E-state index in [0.29, 0.717) is 11.1 Å². The first-order valence-corrected chi connectivity index (χ1v) is 6.88. The molecule has 0 bridgehead atoms. The number of nitro benzene ring substituents is 4. The Hall–Kier alpha value is -4.28. The highest BCUT2D eigenvalue weighted by Gasteiger charge is 2.43. The number of benzene rings is 2. The molecule has 7 N–H and O–H groups in total. The summed E-state index contributed by atoms with van der Waals surface area (Å²) in [5, 5.41) is 41.3. The minimum atomic E-state index is -0.748. The predicted octanol–water partition coefficient (Wildman–Crippen LogP) is 1.09. The second-order valence-corrected chi connectivity index (χ2v) is 4.73. The van der Waals surface area contributed by atoms with Crippen LogP contribution in [0.1, 0.15) is 0 Å². The van der Waals surface area contributed by atoms with E-state index in [1.807, 2.05) is 0 Å². The summed E-state index contributed by atoms with van der Waals surface area (Å²) < 4.78 is 0. The van der Waals surface area contributed by atoms with Gasteiger partial charge in [0.15, 0.2) is 0 Å². The number of nitro groups is 4. The van der Waals surface area contributed by atoms with Crippen LogP contribution in [0.3, 0.4) is 0 Å². The molecule has 1 aromatic carbocycles. The zero-order valence-electron chi connectivity index (χ0n) is 13.7. The summed E-state index contributed by atoms with van der Waals surface area (Å²) >= 11 is 0. The van der Waals surface area contributed by atoms with E-state index >= 15 is 0 Å². The number of rotatable bonds is 5. The van der Waals surface area contributed by atoms with E-state index in [-0.39, 0.29) is 22.7 Å². The Morgan fingerprint density at radius 1 is 0.714 bits per heavy atom. The first-order valence-electron chi connectivity index (χ1n) is 6.88. The third-order valence-corrected chi connectivity index (χ3v) is 3.35. The summed E-state index contributed by atoms with van der Waals surface area (Å²) in [6.45, 7) is 0. The highest BCUT2D eigenvalue weighted by Crippen LogP contribution is 2.53. The van der Waals surface area contributed by atoms with Gasteiger partial charge in [0.25, 0.3) is 5.69 Å². The number of nitrogens with zero attached hydrogens (tertiary/aromatic N) is 4. The van der Waals surface area contributed by atoms with Crippen molar-refractivity contribution < 1.29 is 19.7 Å². The number of anilines is 1. The van der Waals surface area contributed by atoms with Crippen molar-refractivity contribution in [3.05, 3.63) is 70.8 Å². The van der Waals surface area contributed by atoms with Crippen LogP contribution in [0.4, 0.5) is 28.4 Å². The number of fused-ring (bicyclic) bond motifs is 1. The molecule has 0 amide bonds. The monoisotopic (exact) mass is 396 g/mol. The fourth-order valence-corrected chi connectivity index (χ4v) is 2.13. The van der Waals surface area contributed by atoms with Gasteiger partial charge in [-0.05, 0) is 18.2 Å². The number of nitrogens with one attached hydrogen (secondary N) is 1. The minimum Gasteiger partial charge on any atom is -0.318 e. The van der Waals surface area contributed by atoms with Crippen molar-refractivity contribution in [1.29, 1.82) is 0 Å². The zero-order valence-corrected chi connectivity index (χ0v) is 13.7. The fraction of sp³-hybridized carbons (Fsp3) is 0. The molecule has 1 aromatic rings. The van der Waals surface area contributed by atoms with Gasteiger partial charge in [-0.25, -0.2) is 0 Å². The van der Waals surface area contributed by atoms with Gasteiger partial charge in [0.2, 0.25) is 0 Å². The number of non-ortho nitro benzene ring substituents is 1. The number of hydrazine groups is 2. The molecule has 148 valence electrons. The summed E-state index contributed by atoms with van der Waals surface area (Å²) in [4.78, 5) is 38.4. The van der Waals surface area contributed by atoms with Gasteiger partial charge >= 0.3 is 17.1 Å². The van der Waals surface area contributed by atoms with Gasteiger partial charge in [-0.1, -0.05) is 0 Å². The molecule has 0 unspecified atom stereocenters. The Morgan fingerprint density at radius 2 is 1.18 bits per heavy atom. The Bertz CT molecular complexity index is 924. The molecule has 2 aliphatic carbocycles. The van der Waals surface area contributed by atoms with Crippen LogP contribution in [0.5, 0.6) is 0 Å². The molecule has 0 heterocycles. The summed E-state index contributed by atoms with van der Waals surface area (Å²) in [6, 6.07) is 6.15. The molecule has 0 aliphatic heterocycles. The van der Waals surface area contributed by atoms with Gasteiger partial charge in [-0.15, -0.1) is 0 Å². The lowest BCUT2D eigenvalue weighted by Gasteiger charge is -2.14. The van der Waals surface area contributed by atoms with Crippen molar-refractivity contribution in [3.63, 3.8) is 0 Å². The SMILES string of the molecule is NN.NNc1ccc([N+](=O)[O-])cc1[N+](=O)[O-].O=[N+]([O-])c1c2ccc-2c1[N+](=O)[O-]. The largest absolute Gasteiger partial charge is 0.354 e. The zero-order chi connectivity index (χ0) is 21.6. The second-order valence-electron chi connectivity index (χ2n) is 4.73. The number of nitrogen functional groups attached to an aromatic ring is 1. The van der Waals surface area contributed by atoms with E-state index in [2.05, 4.69) is 17.1 Å². The van der Waals surface area contributed by atoms with E-state index in [9.17, 15) is 40.5 Å². The van der Waals surface area contributed by atoms with Crippen molar-refractivity contribution in [2.24, 2.45) is 17.5 Å². The Morgan fingerprint density at radius 3 is 1.46 bits per heavy atom. The lowest BCUT2D eigenvalue weighted by Crippen LogP contribution is -2.09. The highest BCUT2D eigenvalue weighted by molar-refractivity contribution is 6.00. The maximum Gasteiger partial charge on any atom is 0.354 e. The number of hydrogen-bond donors (Lipinski definition) is 4. The molecule has 0 atom stereocenters. The molecule has 0 fully saturated rings. The number of hydrogen-bond acceptors (Lipinski definition) is 12. The van der Waals surface area contributed by atoms with Crippen LogP contribution in [-0.2, 0) is 0 Å². The smallest absolute Gasteiger partial charge is 0.318 e. The average Bonchev–Trinajstić information content (AvgIpc) is 2.64. The lowest BCUT2D eigenvalue weighted by atomic mass is 9.88. The standard InChI is InChI=1S/C6H6N4O4.C6H2N2O4.H4N2/c7-8-5-2-1-4(9(11)12)3-6(5)10(13)14;9-7(10)5-3-1-2-4(3)6(5)8(11)12;1-2/h1-3,8H,7H2;1-2H;1-2H2. The van der Waals surface area contributed by atoms with Crippen molar-refractivity contribution >= 4 is 28.4 Å². The normalized spacial score (nSPS) is 9.68. The lowest BCUT2D eigenvalue weighted by molar-refractivity contribution is -0.424. The highest BCUT2D eigenvalue weighted by atomic mass is 16.6. The summed E-state index contributed by atoms with van der Waals surface area (Å²) in [6.07, 6.45) is 0. The van der Waals surface area contributed by atoms with E-state index in [1.165, 1.54) is 18.2 Å². The van der Waals surface area contributed by atoms with Gasteiger partial charge < -0.3 is 5.43 Å². The van der Waals surface area contributed by atoms with Crippen molar-refractivity contribution in [1.82, 2.24) is 0 Å². The Balaban J connectivity index is 0.000000259. The van der Waals surface area contributed by atoms with E-state index in [1.54, 1.807) is 0 Å². The van der Waals surface area contributed by atoms with Crippen LogP contribution < -0.4 is 23.0 Å². The molecule has 28 heavy (non-hydrogen) atoms. The van der Waals surface area contributed by atoms with Gasteiger partial charge in [0.1, 0.15) is 5.69 Å². The van der Waals surface area contributed by atoms with Crippen LogP contribution in [0, 0.1) is 40.5 Å². The van der Waals surface area contributed by atoms with Crippen molar-refractivity contribution in [3.8, 4) is 11.1 Å². The molecule has 16 nitrogen and oxygen atoms in total. The Labute approximate surface area is 154 Å². The third-order valence-electron chi connectivity index (χ3n) is 3.35. The first kappa shape index (κ1) is 21.8. The topological polar surface area (TPSA) is 263 Å². The quantitative estimate of drug-likeness (QED) is 0.268. The van der Waals surface area contributed by atoms with Crippen LogP contribution >= 0.6 is 0 Å². The molecule has 2 aliphatic rings. The fourth-order valence-electron chi connectivity index (χ4n) is 2.13. The summed E-state index contributed by atoms with van der Waals surface area (Å²) in [5.41, 5.74) is 1.39. The molecule has 0 aromatic heterocycles. The minimum absolute atomic E-state index is 0.0283. The molecule has 0 radical (unpaired) electrons. The van der Waals surface area contributed by atoms with Crippen molar-refractivity contribution in [2.45, 2.75) is 0 Å². The third kappa shape index (κ3) is 4.09. The summed E-state index contributed by atoms with van der Waals surface area (Å²) in [7, 11) is 0. The Kier molecular flexibility index (Phi) is 6.91. The maximum absolute atomic E-state index is 10.4. The second kappa shape index (κ2) is 8.89. The predicted molar refractivity (Wildman–Crippen MR) is 94.7 cm³/mol. The average molecular weight is 396 g/mol. The van der Waals surface area contributed by atoms with Crippen LogP contribution in [0.2, 0.25) is 0 Å². The molecule has 0 spiro atoms. The van der Waals surface area contributed by atoms with E-state index in [4.69, 9.17) is 5.84 Å². The molecule has 0 saturated carbocycles. The van der Waals surface area contributed by atoms with Crippen LogP contribution in [0.25, 0.3) is 11.1 Å². The maximum atomic E-state index is 10.4. The van der Waals surface area contributed by atoms with Crippen LogP contribution in [-0.4, -0.2) is 19.7 Å². The summed E-state index contributed by atoms with van der Waals surface area (Å²) in [5.74, 6) is 13.0.